The van der Waals surface area contributed by atoms with E-state index in [1.165, 1.54) is 12.3 Å². The smallest absolute Gasteiger partial charge is 0.308 e. The van der Waals surface area contributed by atoms with Gasteiger partial charge in [0.1, 0.15) is 0 Å². The van der Waals surface area contributed by atoms with Gasteiger partial charge in [0.15, 0.2) is 0 Å². The van der Waals surface area contributed by atoms with E-state index in [-0.39, 0.29) is 23.2 Å². The lowest BCUT2D eigenvalue weighted by molar-refractivity contribution is -0.142. The maximum atomic E-state index is 11.7. The molecule has 0 radical (unpaired) electrons. The molecule has 1 rings (SSSR count). The summed E-state index contributed by atoms with van der Waals surface area (Å²) in [6.45, 7) is 3.95. The van der Waals surface area contributed by atoms with Crippen LogP contribution in [0.15, 0.2) is 16.7 Å². The second kappa shape index (κ2) is 6.44. The zero-order valence-corrected chi connectivity index (χ0v) is 11.0. The van der Waals surface area contributed by atoms with Crippen LogP contribution in [-0.4, -0.2) is 23.5 Å². The molecule has 1 amide bonds. The van der Waals surface area contributed by atoms with E-state index in [1.54, 1.807) is 0 Å². The lowest BCUT2D eigenvalue weighted by Crippen LogP contribution is -2.33. The van der Waals surface area contributed by atoms with E-state index in [9.17, 15) is 9.59 Å². The Labute approximate surface area is 110 Å². The number of furan rings is 1. The summed E-state index contributed by atoms with van der Waals surface area (Å²) in [5, 5.41) is 11.6. The predicted molar refractivity (Wildman–Crippen MR) is 66.6 cm³/mol. The normalized spacial score (nSPS) is 12.4. The van der Waals surface area contributed by atoms with Gasteiger partial charge in [-0.3, -0.25) is 9.59 Å². The number of hydrogen-bond donors (Lipinski definition) is 2. The highest BCUT2D eigenvalue weighted by atomic mass is 35.5. The quantitative estimate of drug-likeness (QED) is 0.834. The van der Waals surface area contributed by atoms with Crippen molar-refractivity contribution in [2.45, 2.75) is 20.3 Å². The minimum Gasteiger partial charge on any atom is -0.481 e. The van der Waals surface area contributed by atoms with Gasteiger partial charge in [-0.15, -0.1) is 0 Å². The number of carbonyl (C=O) groups is 2. The van der Waals surface area contributed by atoms with Crippen LogP contribution in [0.3, 0.4) is 0 Å². The van der Waals surface area contributed by atoms with Gasteiger partial charge in [-0.25, -0.2) is 0 Å². The summed E-state index contributed by atoms with van der Waals surface area (Å²) in [7, 11) is 0. The average Bonchev–Trinajstić information content (AvgIpc) is 2.69. The van der Waals surface area contributed by atoms with Crippen LogP contribution in [-0.2, 0) is 4.79 Å². The molecule has 1 heterocycles. The Morgan fingerprint density at radius 1 is 1.50 bits per heavy atom. The maximum Gasteiger partial charge on any atom is 0.308 e. The van der Waals surface area contributed by atoms with Gasteiger partial charge in [0.2, 0.25) is 5.22 Å². The molecule has 0 spiro atoms. The van der Waals surface area contributed by atoms with Gasteiger partial charge in [-0.1, -0.05) is 13.8 Å². The number of hydrogen-bond acceptors (Lipinski definition) is 3. The van der Waals surface area contributed by atoms with Gasteiger partial charge in [-0.05, 0) is 30.0 Å². The molecule has 1 aromatic heterocycles. The Morgan fingerprint density at radius 2 is 2.17 bits per heavy atom. The molecule has 1 atom stereocenters. The Bertz CT molecular complexity index is 427. The summed E-state index contributed by atoms with van der Waals surface area (Å²) in [6.07, 6.45) is 1.81. The van der Waals surface area contributed by atoms with Gasteiger partial charge in [0.05, 0.1) is 17.7 Å². The SMILES string of the molecule is CC(C)CC(CNC(=O)c1ccoc1Cl)C(=O)O. The van der Waals surface area contributed by atoms with Crippen molar-refractivity contribution in [1.82, 2.24) is 5.32 Å². The molecule has 0 bridgehead atoms. The van der Waals surface area contributed by atoms with Crippen LogP contribution in [0.5, 0.6) is 0 Å². The maximum absolute atomic E-state index is 11.7. The Morgan fingerprint density at radius 3 is 2.61 bits per heavy atom. The number of amides is 1. The molecule has 18 heavy (non-hydrogen) atoms. The molecule has 0 saturated carbocycles. The first-order chi connectivity index (χ1) is 8.41. The topological polar surface area (TPSA) is 79.5 Å². The van der Waals surface area contributed by atoms with E-state index >= 15 is 0 Å². The largest absolute Gasteiger partial charge is 0.481 e. The fraction of sp³-hybridized carbons (Fsp3) is 0.500. The number of aliphatic carboxylic acids is 1. The summed E-state index contributed by atoms with van der Waals surface area (Å²) in [4.78, 5) is 22.7. The molecule has 0 aliphatic carbocycles. The monoisotopic (exact) mass is 273 g/mol. The number of carboxylic acid groups (broad SMARTS) is 1. The molecule has 2 N–H and O–H groups in total. The van der Waals surface area contributed by atoms with Gasteiger partial charge in [0, 0.05) is 6.54 Å². The van der Waals surface area contributed by atoms with Gasteiger partial charge < -0.3 is 14.8 Å². The summed E-state index contributed by atoms with van der Waals surface area (Å²) in [6, 6.07) is 1.44. The lowest BCUT2D eigenvalue weighted by atomic mass is 9.97. The van der Waals surface area contributed by atoms with Crippen molar-refractivity contribution in [2.24, 2.45) is 11.8 Å². The van der Waals surface area contributed by atoms with Gasteiger partial charge in [-0.2, -0.15) is 0 Å². The number of carbonyl (C=O) groups excluding carboxylic acids is 1. The molecule has 1 aromatic rings. The fourth-order valence-corrected chi connectivity index (χ4v) is 1.81. The third-order valence-electron chi connectivity index (χ3n) is 2.48. The average molecular weight is 274 g/mol. The molecule has 0 aromatic carbocycles. The van der Waals surface area contributed by atoms with Crippen molar-refractivity contribution in [3.8, 4) is 0 Å². The van der Waals surface area contributed by atoms with E-state index in [0.717, 1.165) is 0 Å². The molecule has 0 fully saturated rings. The highest BCUT2D eigenvalue weighted by Gasteiger charge is 2.21. The third kappa shape index (κ3) is 4.07. The van der Waals surface area contributed by atoms with E-state index < -0.39 is 17.8 Å². The second-order valence-corrected chi connectivity index (χ2v) is 4.83. The van der Waals surface area contributed by atoms with Crippen LogP contribution in [0, 0.1) is 11.8 Å². The number of nitrogens with one attached hydrogen (secondary N) is 1. The van der Waals surface area contributed by atoms with Crippen molar-refractivity contribution in [2.75, 3.05) is 6.54 Å². The third-order valence-corrected chi connectivity index (χ3v) is 2.77. The van der Waals surface area contributed by atoms with E-state index in [4.69, 9.17) is 21.1 Å². The van der Waals surface area contributed by atoms with E-state index in [0.29, 0.717) is 6.42 Å². The molecule has 0 aliphatic heterocycles. The van der Waals surface area contributed by atoms with Crippen LogP contribution in [0.2, 0.25) is 5.22 Å². The van der Waals surface area contributed by atoms with Crippen LogP contribution >= 0.6 is 11.6 Å². The first-order valence-electron chi connectivity index (χ1n) is 5.65. The zero-order valence-electron chi connectivity index (χ0n) is 10.3. The summed E-state index contributed by atoms with van der Waals surface area (Å²) in [5.74, 6) is -1.69. The van der Waals surface area contributed by atoms with Crippen molar-refractivity contribution in [1.29, 1.82) is 0 Å². The number of rotatable bonds is 6. The Balaban J connectivity index is 2.55. The number of carboxylic acids is 1. The van der Waals surface area contributed by atoms with Crippen LogP contribution in [0.25, 0.3) is 0 Å². The van der Waals surface area contributed by atoms with Crippen molar-refractivity contribution < 1.29 is 19.1 Å². The highest BCUT2D eigenvalue weighted by Crippen LogP contribution is 2.17. The summed E-state index contributed by atoms with van der Waals surface area (Å²) in [5.41, 5.74) is 0.213. The lowest BCUT2D eigenvalue weighted by Gasteiger charge is -2.15. The van der Waals surface area contributed by atoms with Gasteiger partial charge in [0.25, 0.3) is 5.91 Å². The molecule has 100 valence electrons. The Kier molecular flexibility index (Phi) is 5.22. The zero-order chi connectivity index (χ0) is 13.7. The minimum absolute atomic E-state index is 0.00299. The molecule has 1 unspecified atom stereocenters. The van der Waals surface area contributed by atoms with Crippen molar-refractivity contribution >= 4 is 23.5 Å². The molecule has 0 aliphatic rings. The minimum atomic E-state index is -0.915. The standard InChI is InChI=1S/C12H16ClNO4/c1-7(2)5-8(12(16)17)6-14-11(15)9-3-4-18-10(9)13/h3-4,7-8H,5-6H2,1-2H3,(H,14,15)(H,16,17). The molecular formula is C12H16ClNO4. The molecule has 6 heteroatoms. The molecule has 0 saturated heterocycles. The fourth-order valence-electron chi connectivity index (χ4n) is 1.61. The van der Waals surface area contributed by atoms with Crippen molar-refractivity contribution in [3.63, 3.8) is 0 Å². The van der Waals surface area contributed by atoms with Crippen LogP contribution in [0.1, 0.15) is 30.6 Å². The van der Waals surface area contributed by atoms with Gasteiger partial charge >= 0.3 is 5.97 Å². The Hall–Kier alpha value is -1.49. The second-order valence-electron chi connectivity index (χ2n) is 4.48. The van der Waals surface area contributed by atoms with Crippen molar-refractivity contribution in [3.05, 3.63) is 23.1 Å². The van der Waals surface area contributed by atoms with E-state index in [2.05, 4.69) is 5.32 Å². The van der Waals surface area contributed by atoms with Crippen LogP contribution < -0.4 is 5.32 Å². The summed E-state index contributed by atoms with van der Waals surface area (Å²) < 4.78 is 4.79. The van der Waals surface area contributed by atoms with E-state index in [1.807, 2.05) is 13.8 Å². The molecule has 5 nitrogen and oxygen atoms in total. The predicted octanol–water partition coefficient (Wildman–Crippen LogP) is 2.41. The molecular weight excluding hydrogens is 258 g/mol. The first kappa shape index (κ1) is 14.6. The first-order valence-corrected chi connectivity index (χ1v) is 6.03. The summed E-state index contributed by atoms with van der Waals surface area (Å²) >= 11 is 5.65. The van der Waals surface area contributed by atoms with Crippen LogP contribution in [0.4, 0.5) is 0 Å². The highest BCUT2D eigenvalue weighted by molar-refractivity contribution is 6.32. The number of halogens is 1.